The number of ether oxygens (including phenoxy) is 1. The second-order valence-corrected chi connectivity index (χ2v) is 5.84. The van der Waals surface area contributed by atoms with Gasteiger partial charge in [0.05, 0.1) is 7.11 Å². The molecule has 140 valence electrons. The fourth-order valence-corrected chi connectivity index (χ4v) is 2.59. The van der Waals surface area contributed by atoms with Crippen LogP contribution in [0.3, 0.4) is 0 Å². The molecule has 6 heteroatoms. The molecule has 0 spiro atoms. The van der Waals surface area contributed by atoms with Crippen molar-refractivity contribution < 1.29 is 4.74 Å². The van der Waals surface area contributed by atoms with Crippen LogP contribution in [0.4, 0.5) is 5.82 Å². The summed E-state index contributed by atoms with van der Waals surface area (Å²) in [5.74, 6) is 2.68. The Bertz CT molecular complexity index is 660. The number of anilines is 1. The lowest BCUT2D eigenvalue weighted by molar-refractivity contribution is 0.409. The van der Waals surface area contributed by atoms with Crippen LogP contribution in [0.15, 0.2) is 53.7 Å². The zero-order chi connectivity index (χ0) is 18.5. The average Bonchev–Trinajstić information content (AvgIpc) is 2.70. The maximum absolute atomic E-state index is 5.38. The van der Waals surface area contributed by atoms with Crippen LogP contribution in [-0.4, -0.2) is 44.7 Å². The maximum Gasteiger partial charge on any atom is 0.190 e. The van der Waals surface area contributed by atoms with Gasteiger partial charge in [0.1, 0.15) is 11.6 Å². The van der Waals surface area contributed by atoms with Gasteiger partial charge in [0.25, 0.3) is 0 Å². The number of rotatable bonds is 10. The SMILES string of the molecule is CN=C(NCCCCNc1ccccn1)NCCc1ccccc1OC. The Morgan fingerprint density at radius 1 is 1.00 bits per heavy atom. The highest BCUT2D eigenvalue weighted by Gasteiger charge is 2.02. The van der Waals surface area contributed by atoms with Crippen molar-refractivity contribution in [2.24, 2.45) is 4.99 Å². The Balaban J connectivity index is 1.57. The number of aliphatic imine (C=N–C) groups is 1. The molecule has 0 aliphatic carbocycles. The molecule has 0 bridgehead atoms. The summed E-state index contributed by atoms with van der Waals surface area (Å²) in [7, 11) is 3.50. The summed E-state index contributed by atoms with van der Waals surface area (Å²) in [5.41, 5.74) is 1.19. The Morgan fingerprint density at radius 3 is 2.54 bits per heavy atom. The predicted molar refractivity (Wildman–Crippen MR) is 108 cm³/mol. The van der Waals surface area contributed by atoms with E-state index in [9.17, 15) is 0 Å². The fraction of sp³-hybridized carbons (Fsp3) is 0.400. The number of hydrogen-bond donors (Lipinski definition) is 3. The third kappa shape index (κ3) is 7.01. The smallest absolute Gasteiger partial charge is 0.190 e. The van der Waals surface area contributed by atoms with E-state index in [-0.39, 0.29) is 0 Å². The van der Waals surface area contributed by atoms with Crippen LogP contribution in [0, 0.1) is 0 Å². The molecule has 6 nitrogen and oxygen atoms in total. The minimum atomic E-state index is 0.807. The van der Waals surface area contributed by atoms with Crippen molar-refractivity contribution in [3.05, 3.63) is 54.2 Å². The zero-order valence-electron chi connectivity index (χ0n) is 15.7. The predicted octanol–water partition coefficient (Wildman–Crippen LogP) is 2.69. The lowest BCUT2D eigenvalue weighted by Crippen LogP contribution is -2.38. The Morgan fingerprint density at radius 2 is 1.77 bits per heavy atom. The molecule has 0 unspecified atom stereocenters. The summed E-state index contributed by atoms with van der Waals surface area (Å²) in [6.45, 7) is 2.61. The van der Waals surface area contributed by atoms with Gasteiger partial charge in [0, 0.05) is 32.9 Å². The molecular weight excluding hydrogens is 326 g/mol. The molecule has 2 rings (SSSR count). The van der Waals surface area contributed by atoms with Gasteiger partial charge in [0.2, 0.25) is 0 Å². The topological polar surface area (TPSA) is 70.6 Å². The normalized spacial score (nSPS) is 11.1. The summed E-state index contributed by atoms with van der Waals surface area (Å²) >= 11 is 0. The summed E-state index contributed by atoms with van der Waals surface area (Å²) in [4.78, 5) is 8.51. The van der Waals surface area contributed by atoms with E-state index in [4.69, 9.17) is 4.74 Å². The Hall–Kier alpha value is -2.76. The molecular formula is C20H29N5O. The van der Waals surface area contributed by atoms with E-state index >= 15 is 0 Å². The zero-order valence-corrected chi connectivity index (χ0v) is 15.7. The van der Waals surface area contributed by atoms with Gasteiger partial charge in [-0.05, 0) is 43.0 Å². The van der Waals surface area contributed by atoms with Crippen molar-refractivity contribution >= 4 is 11.8 Å². The molecule has 0 aliphatic rings. The van der Waals surface area contributed by atoms with Gasteiger partial charge in [-0.2, -0.15) is 0 Å². The first-order valence-electron chi connectivity index (χ1n) is 9.05. The first-order chi connectivity index (χ1) is 12.8. The van der Waals surface area contributed by atoms with E-state index in [0.717, 1.165) is 56.4 Å². The second kappa shape index (κ2) is 11.7. The average molecular weight is 355 g/mol. The summed E-state index contributed by atoms with van der Waals surface area (Å²) < 4.78 is 5.38. The highest BCUT2D eigenvalue weighted by Crippen LogP contribution is 2.17. The summed E-state index contributed by atoms with van der Waals surface area (Å²) in [6.07, 6.45) is 4.82. The van der Waals surface area contributed by atoms with E-state index in [1.165, 1.54) is 5.56 Å². The molecule has 3 N–H and O–H groups in total. The van der Waals surface area contributed by atoms with Crippen LogP contribution in [0.25, 0.3) is 0 Å². The van der Waals surface area contributed by atoms with Crippen molar-refractivity contribution in [3.8, 4) is 5.75 Å². The lowest BCUT2D eigenvalue weighted by Gasteiger charge is -2.13. The van der Waals surface area contributed by atoms with Gasteiger partial charge < -0.3 is 20.7 Å². The number of pyridine rings is 1. The van der Waals surface area contributed by atoms with Crippen molar-refractivity contribution in [2.75, 3.05) is 39.1 Å². The number of hydrogen-bond acceptors (Lipinski definition) is 4. The number of unbranched alkanes of at least 4 members (excludes halogenated alkanes) is 1. The van der Waals surface area contributed by atoms with E-state index in [1.54, 1.807) is 20.4 Å². The lowest BCUT2D eigenvalue weighted by atomic mass is 10.1. The molecule has 0 saturated carbocycles. The molecule has 2 aromatic rings. The van der Waals surface area contributed by atoms with Gasteiger partial charge in [-0.25, -0.2) is 4.98 Å². The standard InChI is InChI=1S/C20H29N5O/c1-21-20(25-16-12-17-9-3-4-10-18(17)26-2)24-15-8-7-14-23-19-11-5-6-13-22-19/h3-6,9-11,13H,7-8,12,14-16H2,1-2H3,(H,22,23)(H2,21,24,25). The monoisotopic (exact) mass is 355 g/mol. The molecule has 1 heterocycles. The molecule has 0 fully saturated rings. The molecule has 0 radical (unpaired) electrons. The number of aromatic nitrogens is 1. The third-order valence-corrected chi connectivity index (χ3v) is 3.97. The highest BCUT2D eigenvalue weighted by molar-refractivity contribution is 5.79. The number of para-hydroxylation sites is 1. The number of guanidine groups is 1. The molecule has 0 atom stereocenters. The number of methoxy groups -OCH3 is 1. The van der Waals surface area contributed by atoms with Gasteiger partial charge in [-0.15, -0.1) is 0 Å². The Labute approximate surface area is 156 Å². The second-order valence-electron chi connectivity index (χ2n) is 5.84. The highest BCUT2D eigenvalue weighted by atomic mass is 16.5. The first kappa shape index (κ1) is 19.6. The van der Waals surface area contributed by atoms with Crippen LogP contribution in [0.2, 0.25) is 0 Å². The molecule has 0 aliphatic heterocycles. The van der Waals surface area contributed by atoms with Crippen LogP contribution in [0.1, 0.15) is 18.4 Å². The molecule has 26 heavy (non-hydrogen) atoms. The number of nitrogens with zero attached hydrogens (tertiary/aromatic N) is 2. The molecule has 1 aromatic carbocycles. The van der Waals surface area contributed by atoms with Crippen molar-refractivity contribution in [2.45, 2.75) is 19.3 Å². The van der Waals surface area contributed by atoms with Gasteiger partial charge in [-0.3, -0.25) is 4.99 Å². The van der Waals surface area contributed by atoms with Crippen LogP contribution in [-0.2, 0) is 6.42 Å². The largest absolute Gasteiger partial charge is 0.496 e. The quantitative estimate of drug-likeness (QED) is 0.347. The van der Waals surface area contributed by atoms with E-state index in [2.05, 4.69) is 32.0 Å². The van der Waals surface area contributed by atoms with E-state index in [1.807, 2.05) is 36.4 Å². The molecule has 1 aromatic heterocycles. The first-order valence-corrected chi connectivity index (χ1v) is 9.05. The van der Waals surface area contributed by atoms with E-state index in [0.29, 0.717) is 0 Å². The molecule has 0 amide bonds. The fourth-order valence-electron chi connectivity index (χ4n) is 2.59. The van der Waals surface area contributed by atoms with Crippen LogP contribution in [0.5, 0.6) is 5.75 Å². The number of nitrogens with one attached hydrogen (secondary N) is 3. The van der Waals surface area contributed by atoms with E-state index < -0.39 is 0 Å². The molecule has 0 saturated heterocycles. The van der Waals surface area contributed by atoms with Gasteiger partial charge in [0.15, 0.2) is 5.96 Å². The maximum atomic E-state index is 5.38. The third-order valence-electron chi connectivity index (χ3n) is 3.97. The summed E-state index contributed by atoms with van der Waals surface area (Å²) in [5, 5.41) is 10.0. The Kier molecular flexibility index (Phi) is 8.83. The minimum Gasteiger partial charge on any atom is -0.496 e. The van der Waals surface area contributed by atoms with Gasteiger partial charge in [-0.1, -0.05) is 24.3 Å². The minimum absolute atomic E-state index is 0.807. The summed E-state index contributed by atoms with van der Waals surface area (Å²) in [6, 6.07) is 14.0. The number of benzene rings is 1. The van der Waals surface area contributed by atoms with Crippen molar-refractivity contribution in [3.63, 3.8) is 0 Å². The van der Waals surface area contributed by atoms with Crippen LogP contribution < -0.4 is 20.7 Å². The van der Waals surface area contributed by atoms with Crippen molar-refractivity contribution in [1.29, 1.82) is 0 Å². The van der Waals surface area contributed by atoms with Crippen molar-refractivity contribution in [1.82, 2.24) is 15.6 Å². The van der Waals surface area contributed by atoms with Gasteiger partial charge >= 0.3 is 0 Å². The van der Waals surface area contributed by atoms with Crippen LogP contribution >= 0.6 is 0 Å².